The molecule has 0 spiro atoms. The second-order valence-corrected chi connectivity index (χ2v) is 14.6. The Hall–Kier alpha value is -3.42. The third-order valence-electron chi connectivity index (χ3n) is 7.01. The lowest BCUT2D eigenvalue weighted by molar-refractivity contribution is -0.206. The number of benzene rings is 3. The van der Waals surface area contributed by atoms with E-state index in [9.17, 15) is 40.1 Å². The molecular formula is C33H36F4O7S2. The predicted molar refractivity (Wildman–Crippen MR) is 163 cm³/mol. The minimum Gasteiger partial charge on any atom is -0.743 e. The summed E-state index contributed by atoms with van der Waals surface area (Å²) in [4.78, 5) is 28.2. The van der Waals surface area contributed by atoms with E-state index < -0.39 is 76.0 Å². The monoisotopic (exact) mass is 684 g/mol. The van der Waals surface area contributed by atoms with Crippen LogP contribution in [0.4, 0.5) is 17.6 Å². The molecule has 1 aliphatic carbocycles. The molecule has 1 saturated carbocycles. The van der Waals surface area contributed by atoms with Gasteiger partial charge >= 0.3 is 23.1 Å². The molecule has 0 N–H and O–H groups in total. The standard InChI is InChI=1S/C18H15S.C15H22F4O7S/c1-4-10-16(11-5-1)19(17-12-6-2-7-13-17)18-14-8-3-9-15-18;1-7(2)25-12(20)9-5-10(13(21)26-8(3)4)11(6-9)14(16,17)15(18,19)27(22,23)24/h1-15H;7-11H,5-6H2,1-4H3,(H,22,23,24)/q+1;/p-1/t;9-,10+,11?/m.1/s1. The highest BCUT2D eigenvalue weighted by molar-refractivity contribution is 7.97. The van der Waals surface area contributed by atoms with Crippen molar-refractivity contribution in [2.45, 2.75) is 78.6 Å². The molecule has 3 aromatic rings. The Labute approximate surface area is 269 Å². The first-order chi connectivity index (χ1) is 21.5. The molecule has 0 saturated heterocycles. The van der Waals surface area contributed by atoms with Gasteiger partial charge in [0.2, 0.25) is 0 Å². The molecule has 1 aliphatic rings. The normalized spacial score (nSPS) is 18.7. The average molecular weight is 685 g/mol. The molecule has 0 aliphatic heterocycles. The van der Waals surface area contributed by atoms with Crippen LogP contribution in [0.3, 0.4) is 0 Å². The molecule has 3 atom stereocenters. The molecule has 46 heavy (non-hydrogen) atoms. The van der Waals surface area contributed by atoms with Gasteiger partial charge in [0.05, 0.1) is 34.9 Å². The van der Waals surface area contributed by atoms with Crippen LogP contribution in [0.15, 0.2) is 106 Å². The Morgan fingerprint density at radius 1 is 0.717 bits per heavy atom. The molecule has 7 nitrogen and oxygen atoms in total. The second kappa shape index (κ2) is 15.4. The Balaban J connectivity index is 0.000000264. The molecular weight excluding hydrogens is 648 g/mol. The van der Waals surface area contributed by atoms with Crippen LogP contribution in [0.1, 0.15) is 40.5 Å². The number of ether oxygens (including phenoxy) is 2. The molecule has 250 valence electrons. The van der Waals surface area contributed by atoms with Gasteiger partial charge in [0.1, 0.15) is 0 Å². The first kappa shape index (κ1) is 37.0. The quantitative estimate of drug-likeness (QED) is 0.0971. The van der Waals surface area contributed by atoms with Crippen molar-refractivity contribution in [3.8, 4) is 0 Å². The van der Waals surface area contributed by atoms with Crippen molar-refractivity contribution in [3.05, 3.63) is 91.0 Å². The van der Waals surface area contributed by atoms with Crippen LogP contribution >= 0.6 is 0 Å². The summed E-state index contributed by atoms with van der Waals surface area (Å²) in [5.41, 5.74) is 0. The van der Waals surface area contributed by atoms with Gasteiger partial charge in [-0.05, 0) is 76.9 Å². The number of carbonyl (C=O) groups is 2. The van der Waals surface area contributed by atoms with Gasteiger partial charge in [-0.3, -0.25) is 9.59 Å². The molecule has 4 rings (SSSR count). The first-order valence-electron chi connectivity index (χ1n) is 14.5. The van der Waals surface area contributed by atoms with Crippen LogP contribution in [0.25, 0.3) is 0 Å². The van der Waals surface area contributed by atoms with Gasteiger partial charge in [0.15, 0.2) is 24.8 Å². The lowest BCUT2D eigenvalue weighted by Gasteiger charge is -2.34. The largest absolute Gasteiger partial charge is 0.743 e. The average Bonchev–Trinajstić information content (AvgIpc) is 3.45. The Morgan fingerprint density at radius 2 is 1.09 bits per heavy atom. The number of esters is 2. The zero-order valence-corrected chi connectivity index (χ0v) is 27.3. The molecule has 0 heterocycles. The third kappa shape index (κ3) is 8.89. The van der Waals surface area contributed by atoms with Crippen molar-refractivity contribution >= 4 is 33.0 Å². The second-order valence-electron chi connectivity index (χ2n) is 11.2. The third-order valence-corrected chi connectivity index (χ3v) is 10.1. The maximum Gasteiger partial charge on any atom is 0.396 e. The number of alkyl halides is 4. The first-order valence-corrected chi connectivity index (χ1v) is 17.1. The van der Waals surface area contributed by atoms with Crippen molar-refractivity contribution in [3.63, 3.8) is 0 Å². The summed E-state index contributed by atoms with van der Waals surface area (Å²) in [7, 11) is -6.74. The lowest BCUT2D eigenvalue weighted by atomic mass is 9.89. The highest BCUT2D eigenvalue weighted by atomic mass is 32.2. The van der Waals surface area contributed by atoms with E-state index in [1.54, 1.807) is 0 Å². The van der Waals surface area contributed by atoms with Crippen LogP contribution < -0.4 is 0 Å². The van der Waals surface area contributed by atoms with E-state index in [0.29, 0.717) is 0 Å². The Kier molecular flexibility index (Phi) is 12.4. The number of rotatable bonds is 10. The molecule has 1 unspecified atom stereocenters. The van der Waals surface area contributed by atoms with Crippen LogP contribution in [0.5, 0.6) is 0 Å². The summed E-state index contributed by atoms with van der Waals surface area (Å²) < 4.78 is 97.7. The van der Waals surface area contributed by atoms with E-state index in [1.165, 1.54) is 42.4 Å². The fraction of sp³-hybridized carbons (Fsp3) is 0.394. The minimum atomic E-state index is -6.73. The maximum atomic E-state index is 14.4. The number of halogens is 4. The van der Waals surface area contributed by atoms with Gasteiger partial charge in [-0.25, -0.2) is 8.42 Å². The number of carbonyl (C=O) groups excluding carboxylic acids is 2. The maximum absolute atomic E-state index is 14.4. The topological polar surface area (TPSA) is 110 Å². The lowest BCUT2D eigenvalue weighted by Crippen LogP contribution is -2.53. The smallest absolute Gasteiger partial charge is 0.396 e. The van der Waals surface area contributed by atoms with E-state index in [1.807, 2.05) is 0 Å². The Bertz CT molecular complexity index is 1440. The summed E-state index contributed by atoms with van der Waals surface area (Å²) >= 11 is 0. The Morgan fingerprint density at radius 3 is 1.43 bits per heavy atom. The van der Waals surface area contributed by atoms with Crippen LogP contribution in [0, 0.1) is 17.8 Å². The van der Waals surface area contributed by atoms with Gasteiger partial charge in [-0.1, -0.05) is 54.6 Å². The minimum absolute atomic E-state index is 0.0146. The number of hydrogen-bond donors (Lipinski definition) is 0. The van der Waals surface area contributed by atoms with Gasteiger partial charge in [0, 0.05) is 5.92 Å². The molecule has 1 fully saturated rings. The van der Waals surface area contributed by atoms with Crippen LogP contribution in [-0.4, -0.2) is 48.3 Å². The number of hydrogen-bond acceptors (Lipinski definition) is 7. The molecule has 13 heteroatoms. The fourth-order valence-electron chi connectivity index (χ4n) is 5.00. The SMILES string of the molecule is CC(C)OC(=O)[C@H]1CC(C(F)(F)C(F)(F)S(=O)(=O)[O-])[C@@H](C(=O)OC(C)C)C1.c1ccc([S+](c2ccccc2)c2ccccc2)cc1. The van der Waals surface area contributed by atoms with Gasteiger partial charge in [0.25, 0.3) is 0 Å². The van der Waals surface area contributed by atoms with Crippen molar-refractivity contribution in [2.75, 3.05) is 0 Å². The highest BCUT2D eigenvalue weighted by Gasteiger charge is 2.69. The molecule has 0 amide bonds. The van der Waals surface area contributed by atoms with Gasteiger partial charge in [-0.2, -0.15) is 17.6 Å². The predicted octanol–water partition coefficient (Wildman–Crippen LogP) is 7.09. The van der Waals surface area contributed by atoms with Crippen molar-refractivity contribution in [1.29, 1.82) is 0 Å². The van der Waals surface area contributed by atoms with E-state index in [2.05, 4.69) is 91.0 Å². The molecule has 0 radical (unpaired) electrons. The molecule has 0 aromatic heterocycles. The summed E-state index contributed by atoms with van der Waals surface area (Å²) in [6, 6.07) is 32.2. The highest BCUT2D eigenvalue weighted by Crippen LogP contribution is 2.53. The molecule has 3 aromatic carbocycles. The zero-order valence-electron chi connectivity index (χ0n) is 25.6. The van der Waals surface area contributed by atoms with Crippen LogP contribution in [-0.2, 0) is 40.1 Å². The fourth-order valence-corrected chi connectivity index (χ4v) is 7.59. The summed E-state index contributed by atoms with van der Waals surface area (Å²) in [5, 5.41) is -5.96. The van der Waals surface area contributed by atoms with Crippen LogP contribution in [0.2, 0.25) is 0 Å². The summed E-state index contributed by atoms with van der Waals surface area (Å²) in [6.45, 7) is 5.73. The van der Waals surface area contributed by atoms with Gasteiger partial charge in [-0.15, -0.1) is 0 Å². The summed E-state index contributed by atoms with van der Waals surface area (Å²) in [6.07, 6.45) is -2.94. The van der Waals surface area contributed by atoms with E-state index in [0.717, 1.165) is 0 Å². The van der Waals surface area contributed by atoms with Gasteiger partial charge < -0.3 is 14.0 Å². The van der Waals surface area contributed by atoms with E-state index in [-0.39, 0.29) is 10.9 Å². The van der Waals surface area contributed by atoms with E-state index in [4.69, 9.17) is 9.47 Å². The van der Waals surface area contributed by atoms with Crippen molar-refractivity contribution in [2.24, 2.45) is 17.8 Å². The van der Waals surface area contributed by atoms with E-state index >= 15 is 0 Å². The van der Waals surface area contributed by atoms with Crippen molar-refractivity contribution < 1.29 is 49.6 Å². The molecule has 0 bridgehead atoms. The summed E-state index contributed by atoms with van der Waals surface area (Å²) in [5.74, 6) is -13.5. The van der Waals surface area contributed by atoms with Crippen molar-refractivity contribution in [1.82, 2.24) is 0 Å². The zero-order chi connectivity index (χ0) is 34.3.